The Bertz CT molecular complexity index is 481. The first-order chi connectivity index (χ1) is 8.99. The van der Waals surface area contributed by atoms with E-state index in [4.69, 9.17) is 16.7 Å². The van der Waals surface area contributed by atoms with Crippen LogP contribution in [0.1, 0.15) is 25.3 Å². The fraction of sp³-hybridized carbons (Fsp3) is 0.500. The molecule has 2 rings (SSSR count). The van der Waals surface area contributed by atoms with E-state index in [1.165, 1.54) is 6.07 Å². The van der Waals surface area contributed by atoms with Crippen molar-refractivity contribution in [2.75, 3.05) is 6.54 Å². The van der Waals surface area contributed by atoms with Crippen molar-refractivity contribution in [2.24, 2.45) is 5.92 Å². The molecule has 1 saturated heterocycles. The number of rotatable bonds is 3. The number of carbonyl (C=O) groups is 1. The lowest BCUT2D eigenvalue weighted by Crippen LogP contribution is -2.42. The average Bonchev–Trinajstić information content (AvgIpc) is 2.37. The van der Waals surface area contributed by atoms with Gasteiger partial charge in [0.05, 0.1) is 10.9 Å². The molecule has 1 N–H and O–H groups in total. The Morgan fingerprint density at radius 1 is 1.58 bits per heavy atom. The van der Waals surface area contributed by atoms with Gasteiger partial charge in [-0.3, -0.25) is 9.69 Å². The summed E-state index contributed by atoms with van der Waals surface area (Å²) in [5.41, 5.74) is 0.563. The molecular formula is C14H17ClFNO2. The van der Waals surface area contributed by atoms with Crippen molar-refractivity contribution in [3.8, 4) is 0 Å². The summed E-state index contributed by atoms with van der Waals surface area (Å²) in [5, 5.41) is 9.15. The second-order valence-corrected chi connectivity index (χ2v) is 5.50. The van der Waals surface area contributed by atoms with Gasteiger partial charge in [-0.2, -0.15) is 0 Å². The molecule has 0 amide bonds. The van der Waals surface area contributed by atoms with Crippen LogP contribution in [0.25, 0.3) is 0 Å². The van der Waals surface area contributed by atoms with Crippen LogP contribution in [0.2, 0.25) is 5.02 Å². The van der Waals surface area contributed by atoms with Gasteiger partial charge in [-0.15, -0.1) is 0 Å². The second-order valence-electron chi connectivity index (χ2n) is 5.09. The molecule has 104 valence electrons. The zero-order valence-corrected chi connectivity index (χ0v) is 11.5. The maximum atomic E-state index is 13.8. The number of benzene rings is 1. The summed E-state index contributed by atoms with van der Waals surface area (Å²) >= 11 is 5.76. The number of carboxylic acid groups (broad SMARTS) is 1. The van der Waals surface area contributed by atoms with Crippen LogP contribution in [0, 0.1) is 11.7 Å². The van der Waals surface area contributed by atoms with E-state index in [0.717, 1.165) is 0 Å². The van der Waals surface area contributed by atoms with Crippen molar-refractivity contribution >= 4 is 17.6 Å². The molecule has 1 aromatic carbocycles. The number of carboxylic acids is 1. The standard InChI is InChI=1S/C14H17ClFNO2/c1-9-7-10(14(18)19)5-6-17(9)8-11-3-2-4-12(15)13(11)16/h2-4,9-10H,5-8H2,1H3,(H,18,19)/t9-,10-/m1/s1. The molecule has 0 bridgehead atoms. The molecule has 0 aliphatic carbocycles. The van der Waals surface area contributed by atoms with Gasteiger partial charge in [-0.25, -0.2) is 4.39 Å². The Labute approximate surface area is 117 Å². The highest BCUT2D eigenvalue weighted by Gasteiger charge is 2.29. The van der Waals surface area contributed by atoms with Crippen LogP contribution in [0.15, 0.2) is 18.2 Å². The van der Waals surface area contributed by atoms with E-state index in [9.17, 15) is 9.18 Å². The first kappa shape index (κ1) is 14.3. The number of hydrogen-bond acceptors (Lipinski definition) is 2. The van der Waals surface area contributed by atoms with Crippen molar-refractivity contribution in [2.45, 2.75) is 32.4 Å². The van der Waals surface area contributed by atoms with Crippen LogP contribution in [-0.2, 0) is 11.3 Å². The lowest BCUT2D eigenvalue weighted by atomic mass is 9.91. The lowest BCUT2D eigenvalue weighted by Gasteiger charge is -2.36. The van der Waals surface area contributed by atoms with Gasteiger partial charge in [0.15, 0.2) is 0 Å². The first-order valence-electron chi connectivity index (χ1n) is 6.38. The third-order valence-electron chi connectivity index (χ3n) is 3.77. The third-order valence-corrected chi connectivity index (χ3v) is 4.06. The molecule has 3 nitrogen and oxygen atoms in total. The molecule has 0 radical (unpaired) electrons. The van der Waals surface area contributed by atoms with Gasteiger partial charge >= 0.3 is 5.97 Å². The van der Waals surface area contributed by atoms with Crippen molar-refractivity contribution in [3.05, 3.63) is 34.6 Å². The van der Waals surface area contributed by atoms with Crippen LogP contribution in [0.3, 0.4) is 0 Å². The number of aliphatic carboxylic acids is 1. The molecular weight excluding hydrogens is 269 g/mol. The molecule has 0 aromatic heterocycles. The fourth-order valence-electron chi connectivity index (χ4n) is 2.57. The Kier molecular flexibility index (Phi) is 4.42. The smallest absolute Gasteiger partial charge is 0.306 e. The predicted molar refractivity (Wildman–Crippen MR) is 71.6 cm³/mol. The monoisotopic (exact) mass is 285 g/mol. The maximum absolute atomic E-state index is 13.8. The topological polar surface area (TPSA) is 40.5 Å². The molecule has 1 heterocycles. The summed E-state index contributed by atoms with van der Waals surface area (Å²) in [6, 6.07) is 5.11. The van der Waals surface area contributed by atoms with Crippen LogP contribution in [-0.4, -0.2) is 28.6 Å². The van der Waals surface area contributed by atoms with Gasteiger partial charge < -0.3 is 5.11 Å². The molecule has 19 heavy (non-hydrogen) atoms. The van der Waals surface area contributed by atoms with Gasteiger partial charge in [0.1, 0.15) is 5.82 Å². The molecule has 0 saturated carbocycles. The van der Waals surface area contributed by atoms with Crippen LogP contribution in [0.5, 0.6) is 0 Å². The Balaban J connectivity index is 2.04. The number of nitrogens with zero attached hydrogens (tertiary/aromatic N) is 1. The van der Waals surface area contributed by atoms with Gasteiger partial charge in [0.25, 0.3) is 0 Å². The molecule has 1 aromatic rings. The van der Waals surface area contributed by atoms with Crippen LogP contribution < -0.4 is 0 Å². The normalized spacial score (nSPS) is 24.4. The Morgan fingerprint density at radius 3 is 2.95 bits per heavy atom. The minimum absolute atomic E-state index is 0.130. The zero-order chi connectivity index (χ0) is 14.0. The summed E-state index contributed by atoms with van der Waals surface area (Å²) in [5.74, 6) is -1.40. The molecule has 0 unspecified atom stereocenters. The number of hydrogen-bond donors (Lipinski definition) is 1. The van der Waals surface area contributed by atoms with Crippen molar-refractivity contribution < 1.29 is 14.3 Å². The van der Waals surface area contributed by atoms with E-state index in [0.29, 0.717) is 31.5 Å². The molecule has 5 heteroatoms. The van der Waals surface area contributed by atoms with Crippen LogP contribution in [0.4, 0.5) is 4.39 Å². The maximum Gasteiger partial charge on any atom is 0.306 e. The summed E-state index contributed by atoms with van der Waals surface area (Å²) in [6.45, 7) is 3.13. The average molecular weight is 286 g/mol. The van der Waals surface area contributed by atoms with Gasteiger partial charge in [-0.1, -0.05) is 23.7 Å². The van der Waals surface area contributed by atoms with Gasteiger partial charge in [0.2, 0.25) is 0 Å². The van der Waals surface area contributed by atoms with Gasteiger partial charge in [0, 0.05) is 18.2 Å². The zero-order valence-electron chi connectivity index (χ0n) is 10.8. The van der Waals surface area contributed by atoms with E-state index in [1.807, 2.05) is 6.92 Å². The minimum Gasteiger partial charge on any atom is -0.481 e. The Hall–Kier alpha value is -1.13. The van der Waals surface area contributed by atoms with Crippen molar-refractivity contribution in [1.29, 1.82) is 0 Å². The van der Waals surface area contributed by atoms with Gasteiger partial charge in [-0.05, 0) is 32.4 Å². The summed E-state index contributed by atoms with van der Waals surface area (Å²) in [6.07, 6.45) is 1.22. The highest BCUT2D eigenvalue weighted by Crippen LogP contribution is 2.26. The Morgan fingerprint density at radius 2 is 2.32 bits per heavy atom. The van der Waals surface area contributed by atoms with Crippen molar-refractivity contribution in [3.63, 3.8) is 0 Å². The van der Waals surface area contributed by atoms with E-state index >= 15 is 0 Å². The van der Waals surface area contributed by atoms with Crippen LogP contribution >= 0.6 is 11.6 Å². The molecule has 0 spiro atoms. The highest BCUT2D eigenvalue weighted by atomic mass is 35.5. The third kappa shape index (κ3) is 3.25. The largest absolute Gasteiger partial charge is 0.481 e. The quantitative estimate of drug-likeness (QED) is 0.927. The minimum atomic E-state index is -0.736. The first-order valence-corrected chi connectivity index (χ1v) is 6.76. The van der Waals surface area contributed by atoms with E-state index < -0.39 is 5.97 Å². The second kappa shape index (κ2) is 5.88. The fourth-order valence-corrected chi connectivity index (χ4v) is 2.76. The summed E-state index contributed by atoms with van der Waals surface area (Å²) in [7, 11) is 0. The van der Waals surface area contributed by atoms with Crippen molar-refractivity contribution in [1.82, 2.24) is 4.90 Å². The molecule has 2 atom stereocenters. The highest BCUT2D eigenvalue weighted by molar-refractivity contribution is 6.30. The number of halogens is 2. The lowest BCUT2D eigenvalue weighted by molar-refractivity contribution is -0.144. The SMILES string of the molecule is C[C@@H]1C[C@H](C(=O)O)CCN1Cc1cccc(Cl)c1F. The summed E-state index contributed by atoms with van der Waals surface area (Å²) < 4.78 is 13.8. The number of piperidine rings is 1. The molecule has 1 aliphatic heterocycles. The molecule has 1 aliphatic rings. The van der Waals surface area contributed by atoms with E-state index in [2.05, 4.69) is 4.90 Å². The molecule has 1 fully saturated rings. The predicted octanol–water partition coefficient (Wildman–Crippen LogP) is 3.16. The number of likely N-dealkylation sites (tertiary alicyclic amines) is 1. The van der Waals surface area contributed by atoms with E-state index in [-0.39, 0.29) is 22.8 Å². The van der Waals surface area contributed by atoms with E-state index in [1.54, 1.807) is 12.1 Å². The summed E-state index contributed by atoms with van der Waals surface area (Å²) in [4.78, 5) is 13.1.